The summed E-state index contributed by atoms with van der Waals surface area (Å²) < 4.78 is 6.27. The Hall–Kier alpha value is -1.12. The molecule has 0 aromatic heterocycles. The zero-order valence-corrected chi connectivity index (χ0v) is 14.7. The molecule has 0 radical (unpaired) electrons. The van der Waals surface area contributed by atoms with Crippen LogP contribution in [0.4, 0.5) is 0 Å². The molecule has 0 heterocycles. The molecule has 1 aromatic carbocycles. The van der Waals surface area contributed by atoms with Crippen molar-refractivity contribution >= 4 is 0 Å². The molecule has 1 unspecified atom stereocenters. The van der Waals surface area contributed by atoms with Gasteiger partial charge < -0.3 is 9.84 Å². The summed E-state index contributed by atoms with van der Waals surface area (Å²) in [6.45, 7) is 7.61. The van der Waals surface area contributed by atoms with Crippen molar-refractivity contribution in [1.29, 1.82) is 0 Å². The number of rotatable bonds is 4. The maximum absolute atomic E-state index is 10.5. The Kier molecular flexibility index (Phi) is 4.93. The molecule has 3 rings (SSSR count). The average molecular weight is 314 g/mol. The fourth-order valence-electron chi connectivity index (χ4n) is 4.80. The van der Waals surface area contributed by atoms with Crippen molar-refractivity contribution < 1.29 is 9.84 Å². The molecule has 126 valence electrons. The summed E-state index contributed by atoms with van der Waals surface area (Å²) in [7, 11) is 0. The lowest BCUT2D eigenvalue weighted by Gasteiger charge is -2.37. The topological polar surface area (TPSA) is 29.5 Å². The van der Waals surface area contributed by atoms with Crippen molar-refractivity contribution in [2.24, 2.45) is 17.3 Å². The van der Waals surface area contributed by atoms with Crippen molar-refractivity contribution in [3.05, 3.63) is 47.5 Å². The Labute approximate surface area is 140 Å². The Balaban J connectivity index is 1.72. The van der Waals surface area contributed by atoms with Crippen LogP contribution in [0.2, 0.25) is 0 Å². The Morgan fingerprint density at radius 1 is 1.26 bits per heavy atom. The van der Waals surface area contributed by atoms with E-state index < -0.39 is 0 Å². The van der Waals surface area contributed by atoms with Gasteiger partial charge in [-0.1, -0.05) is 57.2 Å². The van der Waals surface area contributed by atoms with Gasteiger partial charge in [0.15, 0.2) is 0 Å². The van der Waals surface area contributed by atoms with Gasteiger partial charge in [-0.2, -0.15) is 0 Å². The van der Waals surface area contributed by atoms with Gasteiger partial charge in [-0.15, -0.1) is 0 Å². The van der Waals surface area contributed by atoms with Crippen molar-refractivity contribution in [2.75, 3.05) is 0 Å². The molecule has 23 heavy (non-hydrogen) atoms. The third-order valence-electron chi connectivity index (χ3n) is 5.95. The fraction of sp³-hybridized carbons (Fsp3) is 0.619. The van der Waals surface area contributed by atoms with Crippen molar-refractivity contribution in [1.82, 2.24) is 0 Å². The number of fused-ring (bicyclic) bond motifs is 1. The molecule has 0 amide bonds. The summed E-state index contributed by atoms with van der Waals surface area (Å²) in [5.74, 6) is 1.14. The summed E-state index contributed by atoms with van der Waals surface area (Å²) >= 11 is 0. The van der Waals surface area contributed by atoms with E-state index in [9.17, 15) is 5.11 Å². The Morgan fingerprint density at radius 3 is 2.70 bits per heavy atom. The number of hydrogen-bond acceptors (Lipinski definition) is 2. The first kappa shape index (κ1) is 16.7. The molecular formula is C21H30O2. The van der Waals surface area contributed by atoms with E-state index in [2.05, 4.69) is 51.1 Å². The van der Waals surface area contributed by atoms with E-state index in [1.165, 1.54) is 11.1 Å². The highest BCUT2D eigenvalue weighted by molar-refractivity contribution is 5.27. The van der Waals surface area contributed by atoms with E-state index in [0.29, 0.717) is 18.4 Å². The standard InChI is InChI=1S/C21H30O2/c1-15(2)19-12-20(22)18-11-7-10-17(13-21(18,19)3)23-14-16-8-5-4-6-9-16/h4-6,8-9,11,15,17,19-20,22H,7,10,12-14H2,1-3H3/t17-,19+,20?,21-/m0/s1. The van der Waals surface area contributed by atoms with E-state index in [-0.39, 0.29) is 17.6 Å². The third kappa shape index (κ3) is 3.39. The molecule has 1 fully saturated rings. The van der Waals surface area contributed by atoms with Crippen LogP contribution in [0.15, 0.2) is 42.0 Å². The highest BCUT2D eigenvalue weighted by Crippen LogP contribution is 2.55. The van der Waals surface area contributed by atoms with Crippen molar-refractivity contribution in [3.8, 4) is 0 Å². The van der Waals surface area contributed by atoms with E-state index >= 15 is 0 Å². The molecular weight excluding hydrogens is 284 g/mol. The lowest BCUT2D eigenvalue weighted by atomic mass is 9.69. The minimum absolute atomic E-state index is 0.0887. The molecule has 2 aliphatic rings. The zero-order chi connectivity index (χ0) is 16.4. The van der Waals surface area contributed by atoms with Gasteiger partial charge in [0.2, 0.25) is 0 Å². The number of aliphatic hydroxyl groups is 1. The second-order valence-corrected chi connectivity index (χ2v) is 7.88. The summed E-state index contributed by atoms with van der Waals surface area (Å²) in [5, 5.41) is 10.5. The van der Waals surface area contributed by atoms with Gasteiger partial charge in [0.25, 0.3) is 0 Å². The highest BCUT2D eigenvalue weighted by atomic mass is 16.5. The summed E-state index contributed by atoms with van der Waals surface area (Å²) in [6, 6.07) is 10.4. The molecule has 0 saturated heterocycles. The lowest BCUT2D eigenvalue weighted by molar-refractivity contribution is 0.00137. The number of hydrogen-bond donors (Lipinski definition) is 1. The number of aliphatic hydroxyl groups excluding tert-OH is 1. The van der Waals surface area contributed by atoms with E-state index in [1.807, 2.05) is 6.07 Å². The van der Waals surface area contributed by atoms with Crippen molar-refractivity contribution in [2.45, 2.75) is 65.3 Å². The normalized spacial score (nSPS) is 34.1. The van der Waals surface area contributed by atoms with Gasteiger partial charge in [-0.05, 0) is 54.1 Å². The van der Waals surface area contributed by atoms with Crippen LogP contribution >= 0.6 is 0 Å². The van der Waals surface area contributed by atoms with Crippen molar-refractivity contribution in [3.63, 3.8) is 0 Å². The first-order chi connectivity index (χ1) is 11.0. The van der Waals surface area contributed by atoms with E-state index in [0.717, 1.165) is 25.7 Å². The molecule has 1 saturated carbocycles. The largest absolute Gasteiger partial charge is 0.389 e. The smallest absolute Gasteiger partial charge is 0.0758 e. The molecule has 2 nitrogen and oxygen atoms in total. The SMILES string of the molecule is CC(C)[C@H]1CC(O)C2=CCC[C@H](OCc3ccccc3)C[C@@]21C. The van der Waals surface area contributed by atoms with Gasteiger partial charge in [-0.3, -0.25) is 0 Å². The summed E-state index contributed by atoms with van der Waals surface area (Å²) in [6.07, 6.45) is 6.35. The maximum atomic E-state index is 10.5. The molecule has 0 spiro atoms. The fourth-order valence-corrected chi connectivity index (χ4v) is 4.80. The Bertz CT molecular complexity index is 548. The lowest BCUT2D eigenvalue weighted by Crippen LogP contribution is -2.32. The van der Waals surface area contributed by atoms with Crippen LogP contribution < -0.4 is 0 Å². The summed E-state index contributed by atoms with van der Waals surface area (Å²) in [5.41, 5.74) is 2.61. The molecule has 1 N–H and O–H groups in total. The summed E-state index contributed by atoms with van der Waals surface area (Å²) in [4.78, 5) is 0. The van der Waals surface area contributed by atoms with Crippen LogP contribution in [0, 0.1) is 17.3 Å². The second kappa shape index (κ2) is 6.78. The number of benzene rings is 1. The van der Waals surface area contributed by atoms with Gasteiger partial charge in [-0.25, -0.2) is 0 Å². The van der Waals surface area contributed by atoms with Gasteiger partial charge >= 0.3 is 0 Å². The van der Waals surface area contributed by atoms with Crippen LogP contribution in [0.5, 0.6) is 0 Å². The van der Waals surface area contributed by atoms with Crippen LogP contribution in [-0.4, -0.2) is 17.3 Å². The molecule has 0 aliphatic heterocycles. The van der Waals surface area contributed by atoms with Crippen LogP contribution in [-0.2, 0) is 11.3 Å². The maximum Gasteiger partial charge on any atom is 0.0758 e. The van der Waals surface area contributed by atoms with Gasteiger partial charge in [0.05, 0.1) is 18.8 Å². The van der Waals surface area contributed by atoms with Gasteiger partial charge in [0, 0.05) is 0 Å². The highest BCUT2D eigenvalue weighted by Gasteiger charge is 2.50. The second-order valence-electron chi connectivity index (χ2n) is 7.88. The molecule has 0 bridgehead atoms. The number of ether oxygens (including phenoxy) is 1. The first-order valence-electron chi connectivity index (χ1n) is 9.05. The molecule has 1 aromatic rings. The predicted octanol–water partition coefficient (Wildman–Crippen LogP) is 4.73. The average Bonchev–Trinajstić information content (AvgIpc) is 2.68. The number of allylic oxidation sites excluding steroid dienone is 1. The van der Waals surface area contributed by atoms with E-state index in [1.54, 1.807) is 0 Å². The molecule has 2 aliphatic carbocycles. The zero-order valence-electron chi connectivity index (χ0n) is 14.7. The quantitative estimate of drug-likeness (QED) is 0.814. The first-order valence-corrected chi connectivity index (χ1v) is 9.05. The van der Waals surface area contributed by atoms with Crippen LogP contribution in [0.1, 0.15) is 52.0 Å². The Morgan fingerprint density at radius 2 is 2.00 bits per heavy atom. The predicted molar refractivity (Wildman–Crippen MR) is 94.0 cm³/mol. The van der Waals surface area contributed by atoms with Crippen LogP contribution in [0.25, 0.3) is 0 Å². The molecule has 2 heteroatoms. The third-order valence-corrected chi connectivity index (χ3v) is 5.95. The minimum atomic E-state index is -0.250. The van der Waals surface area contributed by atoms with Gasteiger partial charge in [0.1, 0.15) is 0 Å². The van der Waals surface area contributed by atoms with E-state index in [4.69, 9.17) is 4.74 Å². The monoisotopic (exact) mass is 314 g/mol. The minimum Gasteiger partial charge on any atom is -0.389 e. The molecule has 4 atom stereocenters. The van der Waals surface area contributed by atoms with Crippen LogP contribution in [0.3, 0.4) is 0 Å².